The Balaban J connectivity index is 1.83. The number of hydrogen-bond donors (Lipinski definition) is 1. The number of aliphatic carboxylic acids is 1. The van der Waals surface area contributed by atoms with Gasteiger partial charge in [0.1, 0.15) is 5.75 Å². The Labute approximate surface area is 152 Å². The quantitative estimate of drug-likeness (QED) is 0.859. The molecule has 3 rings (SSSR count). The van der Waals surface area contributed by atoms with Gasteiger partial charge >= 0.3 is 5.97 Å². The van der Waals surface area contributed by atoms with Crippen molar-refractivity contribution in [3.05, 3.63) is 54.1 Å². The summed E-state index contributed by atoms with van der Waals surface area (Å²) in [6.07, 6.45) is 0.470. The molecule has 2 aromatic rings. The molecule has 1 aliphatic heterocycles. The number of carboxylic acid groups (broad SMARTS) is 1. The third-order valence-corrected chi connectivity index (χ3v) is 4.31. The number of nitrogens with zero attached hydrogens (tertiary/aromatic N) is 1. The van der Waals surface area contributed by atoms with Crippen LogP contribution in [0.5, 0.6) is 17.2 Å². The third-order valence-electron chi connectivity index (χ3n) is 4.31. The molecule has 26 heavy (non-hydrogen) atoms. The first-order chi connectivity index (χ1) is 12.6. The number of benzene rings is 2. The van der Waals surface area contributed by atoms with E-state index in [2.05, 4.69) is 0 Å². The van der Waals surface area contributed by atoms with Gasteiger partial charge in [0.2, 0.25) is 0 Å². The molecule has 2 aromatic carbocycles. The number of para-hydroxylation sites is 3. The number of likely N-dealkylation sites (tertiary alicyclic amines) is 1. The van der Waals surface area contributed by atoms with E-state index in [0.717, 1.165) is 0 Å². The summed E-state index contributed by atoms with van der Waals surface area (Å²) in [5, 5.41) is 9.14. The molecule has 1 amide bonds. The lowest BCUT2D eigenvalue weighted by molar-refractivity contribution is -0.141. The minimum absolute atomic E-state index is 0.220. The van der Waals surface area contributed by atoms with Gasteiger partial charge in [-0.15, -0.1) is 0 Å². The molecule has 1 fully saturated rings. The first-order valence-corrected chi connectivity index (χ1v) is 8.61. The molecule has 0 aromatic heterocycles. The lowest BCUT2D eigenvalue weighted by atomic mass is 10.1. The average molecular weight is 355 g/mol. The van der Waals surface area contributed by atoms with Crippen molar-refractivity contribution in [3.8, 4) is 17.2 Å². The summed E-state index contributed by atoms with van der Waals surface area (Å²) >= 11 is 0. The van der Waals surface area contributed by atoms with E-state index >= 15 is 0 Å². The number of carbonyl (C=O) groups is 2. The maximum Gasteiger partial charge on any atom is 0.308 e. The van der Waals surface area contributed by atoms with E-state index in [1.165, 1.54) is 0 Å². The Morgan fingerprint density at radius 1 is 1.08 bits per heavy atom. The van der Waals surface area contributed by atoms with Crippen LogP contribution in [0.25, 0.3) is 0 Å². The molecular formula is C20H21NO5. The Morgan fingerprint density at radius 2 is 1.73 bits per heavy atom. The largest absolute Gasteiger partial charge is 0.490 e. The summed E-state index contributed by atoms with van der Waals surface area (Å²) in [5.74, 6) is -0.0494. The highest BCUT2D eigenvalue weighted by Gasteiger charge is 2.32. The molecule has 0 aliphatic carbocycles. The fourth-order valence-corrected chi connectivity index (χ4v) is 2.98. The van der Waals surface area contributed by atoms with Crippen molar-refractivity contribution in [1.29, 1.82) is 0 Å². The predicted molar refractivity (Wildman–Crippen MR) is 95.8 cm³/mol. The van der Waals surface area contributed by atoms with Crippen LogP contribution in [0.4, 0.5) is 0 Å². The molecule has 0 saturated carbocycles. The monoisotopic (exact) mass is 355 g/mol. The number of carboxylic acids is 1. The Bertz CT molecular complexity index is 804. The van der Waals surface area contributed by atoms with Crippen LogP contribution in [0.1, 0.15) is 23.7 Å². The molecular weight excluding hydrogens is 334 g/mol. The van der Waals surface area contributed by atoms with E-state index in [4.69, 9.17) is 14.6 Å². The molecule has 1 heterocycles. The summed E-state index contributed by atoms with van der Waals surface area (Å²) in [5.41, 5.74) is 0.407. The zero-order valence-electron chi connectivity index (χ0n) is 14.6. The van der Waals surface area contributed by atoms with Crippen LogP contribution in [0, 0.1) is 5.92 Å². The van der Waals surface area contributed by atoms with Gasteiger partial charge in [-0.2, -0.15) is 0 Å². The Morgan fingerprint density at radius 3 is 2.38 bits per heavy atom. The maximum atomic E-state index is 12.9. The Kier molecular flexibility index (Phi) is 5.41. The predicted octanol–water partition coefficient (Wildman–Crippen LogP) is 3.42. The summed E-state index contributed by atoms with van der Waals surface area (Å²) in [7, 11) is 0. The highest BCUT2D eigenvalue weighted by Crippen LogP contribution is 2.33. The number of rotatable bonds is 6. The molecule has 6 heteroatoms. The van der Waals surface area contributed by atoms with Gasteiger partial charge in [0, 0.05) is 13.1 Å². The third kappa shape index (κ3) is 3.79. The average Bonchev–Trinajstić information content (AvgIpc) is 3.14. The smallest absolute Gasteiger partial charge is 0.308 e. The highest BCUT2D eigenvalue weighted by atomic mass is 16.5. The second kappa shape index (κ2) is 7.91. The molecule has 0 spiro atoms. The van der Waals surface area contributed by atoms with Gasteiger partial charge < -0.3 is 19.5 Å². The van der Waals surface area contributed by atoms with Crippen molar-refractivity contribution >= 4 is 11.9 Å². The standard InChI is InChI=1S/C20H21NO5/c1-2-25-17-9-5-6-10-18(17)26-16-8-4-3-7-15(16)19(22)21-12-11-14(13-21)20(23)24/h3-10,14H,2,11-13H2,1H3,(H,23,24). The molecule has 6 nitrogen and oxygen atoms in total. The van der Waals surface area contributed by atoms with Crippen molar-refractivity contribution in [2.45, 2.75) is 13.3 Å². The number of carbonyl (C=O) groups excluding carboxylic acids is 1. The van der Waals surface area contributed by atoms with Crippen LogP contribution >= 0.6 is 0 Å². The van der Waals surface area contributed by atoms with Gasteiger partial charge in [-0.3, -0.25) is 9.59 Å². The van der Waals surface area contributed by atoms with Crippen LogP contribution in [0.15, 0.2) is 48.5 Å². The molecule has 1 saturated heterocycles. The van der Waals surface area contributed by atoms with Crippen LogP contribution in [-0.2, 0) is 4.79 Å². The number of ether oxygens (including phenoxy) is 2. The van der Waals surface area contributed by atoms with Crippen LogP contribution in [0.2, 0.25) is 0 Å². The van der Waals surface area contributed by atoms with Gasteiger partial charge in [0.15, 0.2) is 11.5 Å². The lowest BCUT2D eigenvalue weighted by Crippen LogP contribution is -2.30. The first kappa shape index (κ1) is 17.8. The molecule has 1 aliphatic rings. The molecule has 136 valence electrons. The second-order valence-corrected chi connectivity index (χ2v) is 6.05. The highest BCUT2D eigenvalue weighted by molar-refractivity contribution is 5.97. The van der Waals surface area contributed by atoms with Crippen molar-refractivity contribution in [2.75, 3.05) is 19.7 Å². The van der Waals surface area contributed by atoms with Crippen molar-refractivity contribution in [3.63, 3.8) is 0 Å². The molecule has 1 N–H and O–H groups in total. The molecule has 0 bridgehead atoms. The van der Waals surface area contributed by atoms with E-state index in [9.17, 15) is 9.59 Å². The fourth-order valence-electron chi connectivity index (χ4n) is 2.98. The summed E-state index contributed by atoms with van der Waals surface area (Å²) in [6.45, 7) is 3.05. The number of hydrogen-bond acceptors (Lipinski definition) is 4. The second-order valence-electron chi connectivity index (χ2n) is 6.05. The van der Waals surface area contributed by atoms with E-state index in [1.54, 1.807) is 41.3 Å². The first-order valence-electron chi connectivity index (χ1n) is 8.61. The van der Waals surface area contributed by atoms with Crippen molar-refractivity contribution < 1.29 is 24.2 Å². The Hall–Kier alpha value is -3.02. The molecule has 1 atom stereocenters. The number of amides is 1. The van der Waals surface area contributed by atoms with E-state index in [1.807, 2.05) is 19.1 Å². The summed E-state index contributed by atoms with van der Waals surface area (Å²) < 4.78 is 11.5. The minimum atomic E-state index is -0.865. The van der Waals surface area contributed by atoms with Gasteiger partial charge in [0.25, 0.3) is 5.91 Å². The zero-order chi connectivity index (χ0) is 18.5. The normalized spacial score (nSPS) is 16.3. The minimum Gasteiger partial charge on any atom is -0.490 e. The maximum absolute atomic E-state index is 12.9. The van der Waals surface area contributed by atoms with E-state index in [0.29, 0.717) is 42.4 Å². The van der Waals surface area contributed by atoms with Gasteiger partial charge in [0.05, 0.1) is 18.1 Å². The van der Waals surface area contributed by atoms with Crippen LogP contribution in [0.3, 0.4) is 0 Å². The SMILES string of the molecule is CCOc1ccccc1Oc1ccccc1C(=O)N1CCC(C(=O)O)C1. The zero-order valence-corrected chi connectivity index (χ0v) is 14.6. The lowest BCUT2D eigenvalue weighted by Gasteiger charge is -2.19. The van der Waals surface area contributed by atoms with Gasteiger partial charge in [-0.25, -0.2) is 0 Å². The summed E-state index contributed by atoms with van der Waals surface area (Å²) in [6, 6.07) is 14.2. The van der Waals surface area contributed by atoms with E-state index < -0.39 is 11.9 Å². The van der Waals surface area contributed by atoms with Gasteiger partial charge in [-0.1, -0.05) is 24.3 Å². The van der Waals surface area contributed by atoms with Crippen molar-refractivity contribution in [2.24, 2.45) is 5.92 Å². The van der Waals surface area contributed by atoms with E-state index in [-0.39, 0.29) is 12.5 Å². The van der Waals surface area contributed by atoms with Crippen molar-refractivity contribution in [1.82, 2.24) is 4.90 Å². The van der Waals surface area contributed by atoms with Gasteiger partial charge in [-0.05, 0) is 37.6 Å². The summed E-state index contributed by atoms with van der Waals surface area (Å²) in [4.78, 5) is 25.6. The fraction of sp³-hybridized carbons (Fsp3) is 0.300. The molecule has 1 unspecified atom stereocenters. The van der Waals surface area contributed by atoms with Crippen LogP contribution < -0.4 is 9.47 Å². The van der Waals surface area contributed by atoms with Crippen LogP contribution in [-0.4, -0.2) is 41.6 Å². The topological polar surface area (TPSA) is 76.1 Å². The molecule has 0 radical (unpaired) electrons.